The number of carbonyl (C=O) groups is 2. The molecule has 7 N–H and O–H groups in total. The van der Waals surface area contributed by atoms with Gasteiger partial charge in [-0.3, -0.25) is 4.79 Å². The van der Waals surface area contributed by atoms with Gasteiger partial charge in [0.15, 0.2) is 0 Å². The molecule has 0 spiro atoms. The number of hydrogen-bond donors (Lipinski definition) is 3. The highest BCUT2D eigenvalue weighted by Gasteiger charge is 2.19. The molecule has 0 unspecified atom stereocenters. The fourth-order valence-corrected chi connectivity index (χ4v) is 3.31. The Bertz CT molecular complexity index is 471. The molecule has 1 aromatic rings. The maximum absolute atomic E-state index is 11.0. The van der Waals surface area contributed by atoms with Gasteiger partial charge in [-0.15, -0.1) is 0 Å². The summed E-state index contributed by atoms with van der Waals surface area (Å²) in [5.41, 5.74) is 0.753. The van der Waals surface area contributed by atoms with E-state index in [9.17, 15) is 14.7 Å². The second-order valence-corrected chi connectivity index (χ2v) is 6.03. The van der Waals surface area contributed by atoms with Crippen molar-refractivity contribution in [2.24, 2.45) is 0 Å². The predicted octanol–water partition coefficient (Wildman–Crippen LogP) is 0.0838. The molecule has 0 radical (unpaired) electrons. The third kappa shape index (κ3) is 6.19. The summed E-state index contributed by atoms with van der Waals surface area (Å²) in [6, 6.07) is 2.45. The summed E-state index contributed by atoms with van der Waals surface area (Å²) in [4.78, 5) is 21.9. The van der Waals surface area contributed by atoms with Crippen molar-refractivity contribution >= 4 is 57.1 Å². The van der Waals surface area contributed by atoms with Gasteiger partial charge in [-0.1, -0.05) is 0 Å². The maximum atomic E-state index is 11.0. The number of phenols is 1. The second-order valence-electron chi connectivity index (χ2n) is 3.70. The van der Waals surface area contributed by atoms with Crippen molar-refractivity contribution in [3.8, 4) is 5.75 Å². The standard InChI is InChI=1S/C11H11I2NO4.2H2O/c1-5(15)14-9(11(17)18)4-6-2-7(12)10(16)8(13)3-6;;/h2-3,9,16H,4H2,1H3,(H,14,15)(H,17,18);2*1H2/t9-;;/m0../s1. The smallest absolute Gasteiger partial charge is 0.326 e. The molecule has 114 valence electrons. The second kappa shape index (κ2) is 9.31. The van der Waals surface area contributed by atoms with E-state index in [4.69, 9.17) is 5.11 Å². The number of carboxylic acids is 1. The normalized spacial score (nSPS) is 10.8. The molecule has 0 aliphatic heterocycles. The van der Waals surface area contributed by atoms with Gasteiger partial charge in [0.2, 0.25) is 5.91 Å². The van der Waals surface area contributed by atoms with Crippen molar-refractivity contribution in [1.82, 2.24) is 5.32 Å². The molecule has 1 aromatic carbocycles. The maximum Gasteiger partial charge on any atom is 0.326 e. The SMILES string of the molecule is CC(=O)N[C@@H](Cc1cc(I)c(O)c(I)c1)C(=O)O.O.O. The molecule has 1 atom stereocenters. The third-order valence-electron chi connectivity index (χ3n) is 2.19. The summed E-state index contributed by atoms with van der Waals surface area (Å²) in [6.45, 7) is 1.28. The Hall–Kier alpha value is -0.660. The van der Waals surface area contributed by atoms with Gasteiger partial charge in [0.25, 0.3) is 0 Å². The molecule has 0 bridgehead atoms. The zero-order valence-electron chi connectivity index (χ0n) is 10.4. The monoisotopic (exact) mass is 511 g/mol. The predicted molar refractivity (Wildman–Crippen MR) is 89.7 cm³/mol. The molecule has 0 aliphatic rings. The topological polar surface area (TPSA) is 150 Å². The van der Waals surface area contributed by atoms with Crippen LogP contribution < -0.4 is 5.32 Å². The Morgan fingerprint density at radius 1 is 1.25 bits per heavy atom. The van der Waals surface area contributed by atoms with Gasteiger partial charge in [0.1, 0.15) is 11.8 Å². The van der Waals surface area contributed by atoms with Gasteiger partial charge in [0, 0.05) is 13.3 Å². The number of halogens is 2. The Morgan fingerprint density at radius 2 is 1.70 bits per heavy atom. The molecule has 0 heterocycles. The zero-order chi connectivity index (χ0) is 13.9. The lowest BCUT2D eigenvalue weighted by Crippen LogP contribution is -2.41. The molecule has 0 aromatic heterocycles. The average molecular weight is 511 g/mol. The van der Waals surface area contributed by atoms with E-state index in [1.807, 2.05) is 45.2 Å². The largest absolute Gasteiger partial charge is 0.506 e. The highest BCUT2D eigenvalue weighted by Crippen LogP contribution is 2.27. The summed E-state index contributed by atoms with van der Waals surface area (Å²) < 4.78 is 1.31. The summed E-state index contributed by atoms with van der Waals surface area (Å²) in [6.07, 6.45) is 0.182. The average Bonchev–Trinajstić information content (AvgIpc) is 2.24. The number of aliphatic carboxylic acids is 1. The van der Waals surface area contributed by atoms with Gasteiger partial charge in [-0.2, -0.15) is 0 Å². The van der Waals surface area contributed by atoms with Crippen LogP contribution in [0, 0.1) is 7.14 Å². The van der Waals surface area contributed by atoms with E-state index in [0.717, 1.165) is 5.56 Å². The lowest BCUT2D eigenvalue weighted by Gasteiger charge is -2.14. The first kappa shape index (κ1) is 21.6. The number of carboxylic acid groups (broad SMARTS) is 1. The fraction of sp³-hybridized carbons (Fsp3) is 0.273. The lowest BCUT2D eigenvalue weighted by atomic mass is 10.1. The summed E-state index contributed by atoms with van der Waals surface area (Å²) in [5, 5.41) is 21.0. The van der Waals surface area contributed by atoms with E-state index in [0.29, 0.717) is 7.14 Å². The van der Waals surface area contributed by atoms with Gasteiger partial charge in [-0.25, -0.2) is 4.79 Å². The first-order valence-corrected chi connectivity index (χ1v) is 7.13. The van der Waals surface area contributed by atoms with Crippen LogP contribution in [0.15, 0.2) is 12.1 Å². The summed E-state index contributed by atoms with van der Waals surface area (Å²) in [7, 11) is 0. The molecule has 20 heavy (non-hydrogen) atoms. The van der Waals surface area contributed by atoms with Gasteiger partial charge >= 0.3 is 5.97 Å². The number of phenolic OH excluding ortho intramolecular Hbond substituents is 1. The van der Waals surface area contributed by atoms with Crippen molar-refractivity contribution in [3.05, 3.63) is 24.8 Å². The van der Waals surface area contributed by atoms with Crippen molar-refractivity contribution in [2.45, 2.75) is 19.4 Å². The molecule has 0 aliphatic carbocycles. The Labute approximate surface area is 142 Å². The Balaban J connectivity index is 0. The first-order valence-electron chi connectivity index (χ1n) is 4.98. The third-order valence-corrected chi connectivity index (χ3v) is 3.84. The minimum absolute atomic E-state index is 0. The van der Waals surface area contributed by atoms with E-state index in [1.54, 1.807) is 12.1 Å². The number of nitrogens with one attached hydrogen (secondary N) is 1. The van der Waals surface area contributed by atoms with Crippen molar-refractivity contribution in [1.29, 1.82) is 0 Å². The van der Waals surface area contributed by atoms with Crippen molar-refractivity contribution in [2.75, 3.05) is 0 Å². The van der Waals surface area contributed by atoms with E-state index < -0.39 is 12.0 Å². The van der Waals surface area contributed by atoms with Crippen LogP contribution in [0.5, 0.6) is 5.75 Å². The number of rotatable bonds is 4. The van der Waals surface area contributed by atoms with Crippen LogP contribution in [0.25, 0.3) is 0 Å². The van der Waals surface area contributed by atoms with Crippen molar-refractivity contribution < 1.29 is 30.8 Å². The van der Waals surface area contributed by atoms with Crippen LogP contribution in [-0.4, -0.2) is 39.1 Å². The fourth-order valence-electron chi connectivity index (χ4n) is 1.42. The summed E-state index contributed by atoms with van der Waals surface area (Å²) in [5.74, 6) is -1.28. The quantitative estimate of drug-likeness (QED) is 0.491. The number of carbonyl (C=O) groups excluding carboxylic acids is 1. The minimum Gasteiger partial charge on any atom is -0.506 e. The van der Waals surface area contributed by atoms with E-state index in [1.165, 1.54) is 6.92 Å². The molecule has 0 saturated heterocycles. The van der Waals surface area contributed by atoms with Gasteiger partial charge in [-0.05, 0) is 62.9 Å². The van der Waals surface area contributed by atoms with Gasteiger partial charge in [0.05, 0.1) is 7.14 Å². The van der Waals surface area contributed by atoms with Crippen LogP contribution in [0.2, 0.25) is 0 Å². The van der Waals surface area contributed by atoms with Crippen LogP contribution in [0.3, 0.4) is 0 Å². The molecule has 0 saturated carbocycles. The highest BCUT2D eigenvalue weighted by atomic mass is 127. The van der Waals surface area contributed by atoms with Crippen LogP contribution in [-0.2, 0) is 16.0 Å². The molecule has 0 fully saturated rings. The van der Waals surface area contributed by atoms with Gasteiger partial charge < -0.3 is 26.5 Å². The minimum atomic E-state index is -1.08. The van der Waals surface area contributed by atoms with E-state index in [-0.39, 0.29) is 29.0 Å². The highest BCUT2D eigenvalue weighted by molar-refractivity contribution is 14.1. The van der Waals surface area contributed by atoms with Crippen molar-refractivity contribution in [3.63, 3.8) is 0 Å². The lowest BCUT2D eigenvalue weighted by molar-refractivity contribution is -0.141. The van der Waals surface area contributed by atoms with Crippen LogP contribution in [0.1, 0.15) is 12.5 Å². The van der Waals surface area contributed by atoms with Crippen LogP contribution >= 0.6 is 45.2 Å². The molecule has 1 rings (SSSR count). The number of benzene rings is 1. The molecule has 7 nitrogen and oxygen atoms in total. The number of hydrogen-bond acceptors (Lipinski definition) is 3. The Morgan fingerprint density at radius 3 is 2.05 bits per heavy atom. The molecular weight excluding hydrogens is 496 g/mol. The zero-order valence-corrected chi connectivity index (χ0v) is 14.7. The number of amides is 1. The number of aromatic hydroxyl groups is 1. The molecule has 9 heteroatoms. The van der Waals surface area contributed by atoms with Crippen LogP contribution in [0.4, 0.5) is 0 Å². The molecule has 1 amide bonds. The van der Waals surface area contributed by atoms with E-state index in [2.05, 4.69) is 5.32 Å². The van der Waals surface area contributed by atoms with E-state index >= 15 is 0 Å². The summed E-state index contributed by atoms with van der Waals surface area (Å²) >= 11 is 3.95. The first-order chi connectivity index (χ1) is 8.31. The molecular formula is C11H15I2NO6. The Kier molecular flexibility index (Phi) is 10.1.